The molecule has 1 atom stereocenters. The number of amides is 1. The maximum atomic E-state index is 12.0. The lowest BCUT2D eigenvalue weighted by Crippen LogP contribution is -2.40. The van der Waals surface area contributed by atoms with Crippen LogP contribution >= 0.6 is 0 Å². The third-order valence-electron chi connectivity index (χ3n) is 4.60. The fourth-order valence-electron chi connectivity index (χ4n) is 3.32. The van der Waals surface area contributed by atoms with Gasteiger partial charge in [-0.1, -0.05) is 18.2 Å². The second-order valence-corrected chi connectivity index (χ2v) is 6.20. The van der Waals surface area contributed by atoms with Crippen molar-refractivity contribution in [2.45, 2.75) is 31.8 Å². The van der Waals surface area contributed by atoms with E-state index in [0.29, 0.717) is 6.61 Å². The van der Waals surface area contributed by atoms with E-state index in [1.165, 1.54) is 24.9 Å². The zero-order valence-corrected chi connectivity index (χ0v) is 11.6. The molecule has 4 heteroatoms. The predicted octanol–water partition coefficient (Wildman–Crippen LogP) is 2.63. The molecule has 1 saturated heterocycles. The number of fused-ring (bicyclic) bond motifs is 3. The average molecular weight is 272 g/mol. The Kier molecular flexibility index (Phi) is 2.91. The van der Waals surface area contributed by atoms with Crippen LogP contribution in [0, 0.1) is 5.92 Å². The van der Waals surface area contributed by atoms with E-state index in [0.717, 1.165) is 31.1 Å². The molecule has 4 nitrogen and oxygen atoms in total. The van der Waals surface area contributed by atoms with E-state index in [1.54, 1.807) is 0 Å². The zero-order valence-electron chi connectivity index (χ0n) is 11.6. The summed E-state index contributed by atoms with van der Waals surface area (Å²) >= 11 is 0. The molecule has 1 aromatic rings. The lowest BCUT2D eigenvalue weighted by atomic mass is 10.1. The van der Waals surface area contributed by atoms with E-state index >= 15 is 0 Å². The van der Waals surface area contributed by atoms with Crippen LogP contribution in [0.25, 0.3) is 0 Å². The fraction of sp³-hybridized carbons (Fsp3) is 0.562. The van der Waals surface area contributed by atoms with Gasteiger partial charge in [0.05, 0.1) is 11.7 Å². The number of ether oxygens (including phenoxy) is 1. The lowest BCUT2D eigenvalue weighted by molar-refractivity contribution is 0.177. The Bertz CT molecular complexity index is 527. The Morgan fingerprint density at radius 1 is 1.20 bits per heavy atom. The van der Waals surface area contributed by atoms with Gasteiger partial charge in [0.25, 0.3) is 0 Å². The molecule has 1 amide bonds. The molecule has 0 radical (unpaired) electrons. The van der Waals surface area contributed by atoms with E-state index in [2.05, 4.69) is 23.1 Å². The molecule has 0 aromatic heterocycles. The normalized spacial score (nSPS) is 26.5. The van der Waals surface area contributed by atoms with Crippen LogP contribution in [0.1, 0.15) is 24.8 Å². The second kappa shape index (κ2) is 4.77. The van der Waals surface area contributed by atoms with Gasteiger partial charge in [-0.15, -0.1) is 0 Å². The van der Waals surface area contributed by atoms with Crippen LogP contribution in [-0.2, 0) is 11.3 Å². The maximum Gasteiger partial charge on any atom is 0.414 e. The Balaban J connectivity index is 1.66. The number of nitrogens with zero attached hydrogens (tertiary/aromatic N) is 2. The summed E-state index contributed by atoms with van der Waals surface area (Å²) in [6.07, 6.45) is 3.59. The van der Waals surface area contributed by atoms with Crippen LogP contribution in [0.2, 0.25) is 0 Å². The van der Waals surface area contributed by atoms with Gasteiger partial charge < -0.3 is 4.74 Å². The van der Waals surface area contributed by atoms with Crippen molar-refractivity contribution in [3.05, 3.63) is 29.8 Å². The Morgan fingerprint density at radius 3 is 2.90 bits per heavy atom. The van der Waals surface area contributed by atoms with Gasteiger partial charge >= 0.3 is 6.09 Å². The molecule has 2 fully saturated rings. The van der Waals surface area contributed by atoms with Crippen LogP contribution in [-0.4, -0.2) is 36.7 Å². The summed E-state index contributed by atoms with van der Waals surface area (Å²) < 4.78 is 5.26. The van der Waals surface area contributed by atoms with Crippen LogP contribution < -0.4 is 4.90 Å². The highest BCUT2D eigenvalue weighted by molar-refractivity contribution is 5.91. The van der Waals surface area contributed by atoms with Gasteiger partial charge in [0.15, 0.2) is 0 Å². The first kappa shape index (κ1) is 12.2. The molecule has 0 N–H and O–H groups in total. The van der Waals surface area contributed by atoms with Crippen molar-refractivity contribution in [2.24, 2.45) is 5.92 Å². The molecule has 4 rings (SSSR count). The van der Waals surface area contributed by atoms with Gasteiger partial charge in [-0.05, 0) is 36.8 Å². The van der Waals surface area contributed by atoms with Crippen LogP contribution in [0.15, 0.2) is 24.3 Å². The summed E-state index contributed by atoms with van der Waals surface area (Å²) in [6, 6.07) is 8.46. The van der Waals surface area contributed by atoms with Gasteiger partial charge in [-0.3, -0.25) is 9.80 Å². The van der Waals surface area contributed by atoms with Crippen LogP contribution in [0.3, 0.4) is 0 Å². The number of cyclic esters (lactones) is 1. The van der Waals surface area contributed by atoms with Crippen LogP contribution in [0.4, 0.5) is 10.5 Å². The van der Waals surface area contributed by atoms with E-state index in [4.69, 9.17) is 4.74 Å². The molecular formula is C16H20N2O2. The monoisotopic (exact) mass is 272 g/mol. The molecule has 1 saturated carbocycles. The second-order valence-electron chi connectivity index (χ2n) is 6.20. The van der Waals surface area contributed by atoms with E-state index in [9.17, 15) is 4.79 Å². The molecular weight excluding hydrogens is 252 g/mol. The molecule has 2 aliphatic heterocycles. The number of para-hydroxylation sites is 1. The summed E-state index contributed by atoms with van der Waals surface area (Å²) in [6.45, 7) is 3.74. The number of hydrogen-bond donors (Lipinski definition) is 0. The molecule has 106 valence electrons. The summed E-state index contributed by atoms with van der Waals surface area (Å²) in [7, 11) is 0. The number of benzene rings is 1. The standard InChI is InChI=1S/C16H20N2O2/c19-16-18-14(11-20-16)7-8-17(9-12-5-6-12)10-13-3-1-2-4-15(13)18/h1-4,12,14H,5-11H2. The van der Waals surface area contributed by atoms with Gasteiger partial charge in [0.1, 0.15) is 6.61 Å². The van der Waals surface area contributed by atoms with Crippen molar-refractivity contribution in [3.63, 3.8) is 0 Å². The Hall–Kier alpha value is -1.55. The molecule has 0 spiro atoms. The summed E-state index contributed by atoms with van der Waals surface area (Å²) in [5.41, 5.74) is 2.29. The third kappa shape index (κ3) is 2.18. The number of anilines is 1. The van der Waals surface area contributed by atoms with Gasteiger partial charge in [0.2, 0.25) is 0 Å². The van der Waals surface area contributed by atoms with Crippen molar-refractivity contribution in [1.29, 1.82) is 0 Å². The lowest BCUT2D eigenvalue weighted by Gasteiger charge is -2.32. The number of hydrogen-bond acceptors (Lipinski definition) is 3. The zero-order chi connectivity index (χ0) is 13.5. The smallest absolute Gasteiger partial charge is 0.414 e. The van der Waals surface area contributed by atoms with Gasteiger partial charge in [-0.2, -0.15) is 0 Å². The van der Waals surface area contributed by atoms with Crippen molar-refractivity contribution in [3.8, 4) is 0 Å². The van der Waals surface area contributed by atoms with E-state index < -0.39 is 0 Å². The first-order chi connectivity index (χ1) is 9.81. The molecule has 0 bridgehead atoms. The molecule has 1 aliphatic carbocycles. The number of carbonyl (C=O) groups excluding carboxylic acids is 1. The summed E-state index contributed by atoms with van der Waals surface area (Å²) in [4.78, 5) is 16.4. The Morgan fingerprint density at radius 2 is 2.05 bits per heavy atom. The highest BCUT2D eigenvalue weighted by Gasteiger charge is 2.37. The highest BCUT2D eigenvalue weighted by Crippen LogP contribution is 2.34. The van der Waals surface area contributed by atoms with Crippen LogP contribution in [0.5, 0.6) is 0 Å². The molecule has 20 heavy (non-hydrogen) atoms. The number of rotatable bonds is 2. The SMILES string of the molecule is O=C1OCC2CCN(CC3CC3)Cc3ccccc3N12. The fourth-order valence-corrected chi connectivity index (χ4v) is 3.32. The Labute approximate surface area is 119 Å². The van der Waals surface area contributed by atoms with Crippen molar-refractivity contribution < 1.29 is 9.53 Å². The van der Waals surface area contributed by atoms with E-state index in [1.807, 2.05) is 11.0 Å². The van der Waals surface area contributed by atoms with E-state index in [-0.39, 0.29) is 12.1 Å². The molecule has 3 aliphatic rings. The minimum absolute atomic E-state index is 0.182. The molecule has 1 aromatic carbocycles. The van der Waals surface area contributed by atoms with Gasteiger partial charge in [0, 0.05) is 19.6 Å². The number of carbonyl (C=O) groups is 1. The third-order valence-corrected chi connectivity index (χ3v) is 4.60. The molecule has 2 heterocycles. The highest BCUT2D eigenvalue weighted by atomic mass is 16.6. The van der Waals surface area contributed by atoms with Crippen molar-refractivity contribution in [1.82, 2.24) is 4.90 Å². The minimum atomic E-state index is -0.182. The topological polar surface area (TPSA) is 32.8 Å². The van der Waals surface area contributed by atoms with Gasteiger partial charge in [-0.25, -0.2) is 4.79 Å². The minimum Gasteiger partial charge on any atom is -0.447 e. The van der Waals surface area contributed by atoms with Crippen molar-refractivity contribution >= 4 is 11.8 Å². The summed E-state index contributed by atoms with van der Waals surface area (Å²) in [5, 5.41) is 0. The first-order valence-electron chi connectivity index (χ1n) is 7.57. The van der Waals surface area contributed by atoms with Crippen molar-refractivity contribution in [2.75, 3.05) is 24.6 Å². The predicted molar refractivity (Wildman–Crippen MR) is 76.7 cm³/mol. The largest absolute Gasteiger partial charge is 0.447 e. The quantitative estimate of drug-likeness (QED) is 0.829. The average Bonchev–Trinajstić information content (AvgIpc) is 3.17. The molecule has 1 unspecified atom stereocenters. The first-order valence-corrected chi connectivity index (χ1v) is 7.57. The maximum absolute atomic E-state index is 12.0. The summed E-state index contributed by atoms with van der Waals surface area (Å²) in [5.74, 6) is 0.902.